The van der Waals surface area contributed by atoms with Crippen molar-refractivity contribution < 1.29 is 5.11 Å². The van der Waals surface area contributed by atoms with E-state index < -0.39 is 5.60 Å². The van der Waals surface area contributed by atoms with E-state index in [-0.39, 0.29) is 0 Å². The number of fused-ring (bicyclic) bond motifs is 1. The Hall–Kier alpha value is -1.36. The van der Waals surface area contributed by atoms with E-state index in [4.69, 9.17) is 11.6 Å². The Labute approximate surface area is 130 Å². The Morgan fingerprint density at radius 1 is 1.29 bits per heavy atom. The summed E-state index contributed by atoms with van der Waals surface area (Å²) in [6.45, 7) is 1.57. The standard InChI is InChI=1S/C16H20ClN3O/c1-19(2)7-8-20-15(14(17)11-18-20)16(21)9-12-5-3-4-6-13(12)10-16/h3-6,11,21H,7-10H2,1-2H3. The van der Waals surface area contributed by atoms with Gasteiger partial charge >= 0.3 is 0 Å². The maximum absolute atomic E-state index is 11.1. The molecule has 112 valence electrons. The summed E-state index contributed by atoms with van der Waals surface area (Å²) >= 11 is 6.32. The molecule has 0 spiro atoms. The van der Waals surface area contributed by atoms with Crippen molar-refractivity contribution in [3.8, 4) is 0 Å². The second-order valence-corrected chi connectivity index (χ2v) is 6.43. The maximum atomic E-state index is 11.1. The largest absolute Gasteiger partial charge is 0.383 e. The quantitative estimate of drug-likeness (QED) is 0.940. The first-order valence-electron chi connectivity index (χ1n) is 7.15. The SMILES string of the molecule is CN(C)CCn1ncc(Cl)c1C1(O)Cc2ccccc2C1. The number of aromatic nitrogens is 2. The highest BCUT2D eigenvalue weighted by molar-refractivity contribution is 6.31. The van der Waals surface area contributed by atoms with Crippen LogP contribution in [0.4, 0.5) is 0 Å². The first-order valence-corrected chi connectivity index (χ1v) is 7.53. The lowest BCUT2D eigenvalue weighted by Gasteiger charge is -2.24. The van der Waals surface area contributed by atoms with Gasteiger partial charge in [0.05, 0.1) is 23.5 Å². The summed E-state index contributed by atoms with van der Waals surface area (Å²) in [5, 5.41) is 16.0. The van der Waals surface area contributed by atoms with E-state index >= 15 is 0 Å². The molecule has 0 bridgehead atoms. The fraction of sp³-hybridized carbons (Fsp3) is 0.438. The van der Waals surface area contributed by atoms with Crippen molar-refractivity contribution in [1.29, 1.82) is 0 Å². The first-order chi connectivity index (χ1) is 9.99. The van der Waals surface area contributed by atoms with Gasteiger partial charge in [-0.25, -0.2) is 0 Å². The highest BCUT2D eigenvalue weighted by Gasteiger charge is 2.40. The molecule has 0 radical (unpaired) electrons. The molecule has 5 heteroatoms. The molecule has 0 atom stereocenters. The second kappa shape index (κ2) is 5.44. The zero-order chi connectivity index (χ0) is 15.0. The molecule has 1 heterocycles. The van der Waals surface area contributed by atoms with Crippen molar-refractivity contribution in [1.82, 2.24) is 14.7 Å². The average Bonchev–Trinajstić information content (AvgIpc) is 2.96. The van der Waals surface area contributed by atoms with Crippen LogP contribution in [0, 0.1) is 0 Å². The van der Waals surface area contributed by atoms with Gasteiger partial charge in [0.1, 0.15) is 5.60 Å². The topological polar surface area (TPSA) is 41.3 Å². The van der Waals surface area contributed by atoms with Gasteiger partial charge in [-0.05, 0) is 25.2 Å². The van der Waals surface area contributed by atoms with Gasteiger partial charge in [0, 0.05) is 19.4 Å². The summed E-state index contributed by atoms with van der Waals surface area (Å²) in [4.78, 5) is 2.09. The minimum Gasteiger partial charge on any atom is -0.383 e. The van der Waals surface area contributed by atoms with Crippen LogP contribution in [0.15, 0.2) is 30.5 Å². The third-order valence-electron chi connectivity index (χ3n) is 4.08. The van der Waals surface area contributed by atoms with E-state index in [9.17, 15) is 5.11 Å². The normalized spacial score (nSPS) is 16.4. The van der Waals surface area contributed by atoms with E-state index in [1.54, 1.807) is 6.20 Å². The van der Waals surface area contributed by atoms with Crippen LogP contribution in [-0.4, -0.2) is 40.4 Å². The lowest BCUT2D eigenvalue weighted by molar-refractivity contribution is 0.0383. The Balaban J connectivity index is 1.92. The van der Waals surface area contributed by atoms with E-state index in [1.165, 1.54) is 11.1 Å². The molecule has 1 aliphatic carbocycles. The molecule has 4 nitrogen and oxygen atoms in total. The molecule has 1 N–H and O–H groups in total. The molecular weight excluding hydrogens is 286 g/mol. The van der Waals surface area contributed by atoms with Crippen LogP contribution in [-0.2, 0) is 25.0 Å². The number of aliphatic hydroxyl groups is 1. The molecule has 3 rings (SSSR count). The maximum Gasteiger partial charge on any atom is 0.116 e. The van der Waals surface area contributed by atoms with Gasteiger partial charge < -0.3 is 10.0 Å². The van der Waals surface area contributed by atoms with Gasteiger partial charge in [-0.15, -0.1) is 0 Å². The van der Waals surface area contributed by atoms with Crippen molar-refractivity contribution in [2.45, 2.75) is 25.0 Å². The highest BCUT2D eigenvalue weighted by atomic mass is 35.5. The summed E-state index contributed by atoms with van der Waals surface area (Å²) in [5.74, 6) is 0. The summed E-state index contributed by atoms with van der Waals surface area (Å²) in [7, 11) is 4.04. The van der Waals surface area contributed by atoms with Gasteiger partial charge in [0.25, 0.3) is 0 Å². The molecule has 0 saturated heterocycles. The minimum absolute atomic E-state index is 0.545. The van der Waals surface area contributed by atoms with E-state index in [2.05, 4.69) is 22.1 Å². The first kappa shape index (κ1) is 14.6. The summed E-state index contributed by atoms with van der Waals surface area (Å²) in [6.07, 6.45) is 2.82. The van der Waals surface area contributed by atoms with Crippen LogP contribution in [0.3, 0.4) is 0 Å². The molecule has 0 amide bonds. The van der Waals surface area contributed by atoms with Crippen molar-refractivity contribution in [3.63, 3.8) is 0 Å². The smallest absolute Gasteiger partial charge is 0.116 e. The van der Waals surface area contributed by atoms with Crippen LogP contribution in [0.1, 0.15) is 16.8 Å². The van der Waals surface area contributed by atoms with Crippen LogP contribution >= 0.6 is 11.6 Å². The Kier molecular flexibility index (Phi) is 3.78. The number of likely N-dealkylation sites (N-methyl/N-ethyl adjacent to an activating group) is 1. The molecule has 0 fully saturated rings. The number of benzene rings is 1. The molecule has 1 aromatic carbocycles. The fourth-order valence-corrected chi connectivity index (χ4v) is 3.37. The molecule has 0 saturated carbocycles. The van der Waals surface area contributed by atoms with Crippen LogP contribution < -0.4 is 0 Å². The lowest BCUT2D eigenvalue weighted by atomic mass is 9.96. The third kappa shape index (κ3) is 2.71. The molecule has 1 aromatic heterocycles. The zero-order valence-electron chi connectivity index (χ0n) is 12.4. The van der Waals surface area contributed by atoms with Crippen LogP contribution in [0.25, 0.3) is 0 Å². The van der Waals surface area contributed by atoms with E-state index in [0.717, 1.165) is 12.2 Å². The minimum atomic E-state index is -0.955. The second-order valence-electron chi connectivity index (χ2n) is 6.02. The van der Waals surface area contributed by atoms with Gasteiger partial charge in [0.2, 0.25) is 0 Å². The predicted octanol–water partition coefficient (Wildman–Crippen LogP) is 2.08. The number of hydrogen-bond donors (Lipinski definition) is 1. The van der Waals surface area contributed by atoms with Crippen molar-refractivity contribution in [2.75, 3.05) is 20.6 Å². The van der Waals surface area contributed by atoms with Gasteiger partial charge in [-0.1, -0.05) is 35.9 Å². The number of nitrogens with zero attached hydrogens (tertiary/aromatic N) is 3. The van der Waals surface area contributed by atoms with E-state index in [1.807, 2.05) is 30.9 Å². The molecule has 0 unspecified atom stereocenters. The molecule has 0 aliphatic heterocycles. The summed E-state index contributed by atoms with van der Waals surface area (Å²) in [6, 6.07) is 8.16. The number of rotatable bonds is 4. The number of halogens is 1. The van der Waals surface area contributed by atoms with E-state index in [0.29, 0.717) is 24.4 Å². The molecule has 1 aliphatic rings. The summed E-state index contributed by atoms with van der Waals surface area (Å²) in [5.41, 5.74) is 2.17. The zero-order valence-corrected chi connectivity index (χ0v) is 13.1. The number of hydrogen-bond acceptors (Lipinski definition) is 3. The molecular formula is C16H20ClN3O. The monoisotopic (exact) mass is 305 g/mol. The third-order valence-corrected chi connectivity index (χ3v) is 4.36. The van der Waals surface area contributed by atoms with Gasteiger partial charge in [-0.2, -0.15) is 5.10 Å². The van der Waals surface area contributed by atoms with Crippen molar-refractivity contribution in [3.05, 3.63) is 52.3 Å². The van der Waals surface area contributed by atoms with Crippen LogP contribution in [0.5, 0.6) is 0 Å². The van der Waals surface area contributed by atoms with Crippen molar-refractivity contribution in [2.24, 2.45) is 0 Å². The average molecular weight is 306 g/mol. The Bertz CT molecular complexity index is 626. The highest BCUT2D eigenvalue weighted by Crippen LogP contribution is 2.40. The van der Waals surface area contributed by atoms with Gasteiger partial charge in [-0.3, -0.25) is 4.68 Å². The Morgan fingerprint density at radius 2 is 1.90 bits per heavy atom. The van der Waals surface area contributed by atoms with Crippen molar-refractivity contribution >= 4 is 11.6 Å². The summed E-state index contributed by atoms with van der Waals surface area (Å²) < 4.78 is 1.84. The fourth-order valence-electron chi connectivity index (χ4n) is 3.05. The lowest BCUT2D eigenvalue weighted by Crippen LogP contribution is -2.32. The van der Waals surface area contributed by atoms with Gasteiger partial charge in [0.15, 0.2) is 0 Å². The molecule has 2 aromatic rings. The van der Waals surface area contributed by atoms with Crippen LogP contribution in [0.2, 0.25) is 5.02 Å². The molecule has 21 heavy (non-hydrogen) atoms. The Morgan fingerprint density at radius 3 is 2.48 bits per heavy atom. The predicted molar refractivity (Wildman–Crippen MR) is 83.5 cm³/mol.